The number of rotatable bonds is 3. The van der Waals surface area contributed by atoms with E-state index in [4.69, 9.17) is 4.52 Å². The quantitative estimate of drug-likeness (QED) is 0.840. The Labute approximate surface area is 138 Å². The molecule has 6 nitrogen and oxygen atoms in total. The standard InChI is InChI=1S/C15H21F3N4O2/c1-10-19-14(20-24-10)12-5-3-6-21(12)9-13(23)22-7-2-4-11(8-22)15(16,17)18/h11-12H,2-9H2,1H3/t11-,12+/m1/s1. The predicted octanol–water partition coefficient (Wildman–Crippen LogP) is 2.32. The van der Waals surface area contributed by atoms with Crippen LogP contribution >= 0.6 is 0 Å². The molecule has 0 spiro atoms. The molecule has 134 valence electrons. The van der Waals surface area contributed by atoms with Crippen LogP contribution in [-0.2, 0) is 4.79 Å². The van der Waals surface area contributed by atoms with Gasteiger partial charge in [0.1, 0.15) is 0 Å². The van der Waals surface area contributed by atoms with Crippen LogP contribution in [0.2, 0.25) is 0 Å². The summed E-state index contributed by atoms with van der Waals surface area (Å²) in [5, 5.41) is 3.91. The monoisotopic (exact) mass is 346 g/mol. The van der Waals surface area contributed by atoms with Crippen molar-refractivity contribution in [2.45, 2.75) is 44.8 Å². The van der Waals surface area contributed by atoms with Crippen molar-refractivity contribution in [1.29, 1.82) is 0 Å². The Hall–Kier alpha value is -1.64. The molecular formula is C15H21F3N4O2. The Morgan fingerprint density at radius 1 is 1.29 bits per heavy atom. The van der Waals surface area contributed by atoms with E-state index in [9.17, 15) is 18.0 Å². The molecule has 0 aliphatic carbocycles. The zero-order valence-electron chi connectivity index (χ0n) is 13.6. The average molecular weight is 346 g/mol. The van der Waals surface area contributed by atoms with Gasteiger partial charge >= 0.3 is 6.18 Å². The van der Waals surface area contributed by atoms with Crippen LogP contribution in [0.25, 0.3) is 0 Å². The number of aryl methyl sites for hydroxylation is 1. The fourth-order valence-electron chi connectivity index (χ4n) is 3.50. The maximum Gasteiger partial charge on any atom is 0.393 e. The third-order valence-corrected chi connectivity index (χ3v) is 4.78. The Bertz CT molecular complexity index is 590. The first-order valence-electron chi connectivity index (χ1n) is 8.23. The van der Waals surface area contributed by atoms with Crippen molar-refractivity contribution in [1.82, 2.24) is 19.9 Å². The Morgan fingerprint density at radius 3 is 2.71 bits per heavy atom. The van der Waals surface area contributed by atoms with E-state index < -0.39 is 12.1 Å². The van der Waals surface area contributed by atoms with E-state index in [0.29, 0.717) is 31.2 Å². The van der Waals surface area contributed by atoms with E-state index >= 15 is 0 Å². The summed E-state index contributed by atoms with van der Waals surface area (Å²) in [6.07, 6.45) is -2.03. The fraction of sp³-hybridized carbons (Fsp3) is 0.800. The number of halogens is 3. The summed E-state index contributed by atoms with van der Waals surface area (Å²) in [5.74, 6) is -0.655. The highest BCUT2D eigenvalue weighted by Gasteiger charge is 2.43. The molecule has 1 aromatic heterocycles. The van der Waals surface area contributed by atoms with Crippen LogP contribution in [0.3, 0.4) is 0 Å². The first-order valence-corrected chi connectivity index (χ1v) is 8.23. The number of carbonyl (C=O) groups is 1. The molecule has 0 N–H and O–H groups in total. The summed E-state index contributed by atoms with van der Waals surface area (Å²) in [6.45, 7) is 2.67. The molecule has 1 amide bonds. The van der Waals surface area contributed by atoms with Gasteiger partial charge in [-0.1, -0.05) is 5.16 Å². The smallest absolute Gasteiger partial charge is 0.341 e. The second-order valence-electron chi connectivity index (χ2n) is 6.52. The van der Waals surface area contributed by atoms with Gasteiger partial charge in [-0.25, -0.2) is 0 Å². The minimum atomic E-state index is -4.24. The lowest BCUT2D eigenvalue weighted by Gasteiger charge is -2.35. The van der Waals surface area contributed by atoms with Gasteiger partial charge in [0.2, 0.25) is 11.8 Å². The summed E-state index contributed by atoms with van der Waals surface area (Å²) in [5.41, 5.74) is 0. The van der Waals surface area contributed by atoms with Crippen molar-refractivity contribution < 1.29 is 22.5 Å². The highest BCUT2D eigenvalue weighted by molar-refractivity contribution is 5.78. The molecule has 0 saturated carbocycles. The second-order valence-corrected chi connectivity index (χ2v) is 6.52. The number of carbonyl (C=O) groups excluding carboxylic acids is 1. The molecule has 1 aromatic rings. The van der Waals surface area contributed by atoms with E-state index in [1.807, 2.05) is 4.90 Å². The van der Waals surface area contributed by atoms with Gasteiger partial charge in [-0.15, -0.1) is 0 Å². The first kappa shape index (κ1) is 17.2. The van der Waals surface area contributed by atoms with Crippen molar-refractivity contribution in [3.63, 3.8) is 0 Å². The molecule has 24 heavy (non-hydrogen) atoms. The molecule has 3 rings (SSSR count). The number of piperidine rings is 1. The number of hydrogen-bond acceptors (Lipinski definition) is 5. The van der Waals surface area contributed by atoms with E-state index in [2.05, 4.69) is 10.1 Å². The van der Waals surface area contributed by atoms with E-state index in [0.717, 1.165) is 12.8 Å². The van der Waals surface area contributed by atoms with Crippen molar-refractivity contribution >= 4 is 5.91 Å². The van der Waals surface area contributed by atoms with Crippen LogP contribution in [0.4, 0.5) is 13.2 Å². The van der Waals surface area contributed by atoms with Crippen LogP contribution < -0.4 is 0 Å². The van der Waals surface area contributed by atoms with Crippen LogP contribution in [0.1, 0.15) is 43.4 Å². The minimum Gasteiger partial charge on any atom is -0.341 e. The number of hydrogen-bond donors (Lipinski definition) is 0. The van der Waals surface area contributed by atoms with E-state index in [-0.39, 0.29) is 31.5 Å². The maximum absolute atomic E-state index is 12.9. The molecular weight excluding hydrogens is 325 g/mol. The summed E-state index contributed by atoms with van der Waals surface area (Å²) in [4.78, 5) is 20.0. The largest absolute Gasteiger partial charge is 0.393 e. The Morgan fingerprint density at radius 2 is 2.04 bits per heavy atom. The van der Waals surface area contributed by atoms with Gasteiger partial charge in [0, 0.05) is 20.0 Å². The lowest BCUT2D eigenvalue weighted by Crippen LogP contribution is -2.48. The molecule has 2 fully saturated rings. The summed E-state index contributed by atoms with van der Waals surface area (Å²) in [6, 6.07) is -0.102. The van der Waals surface area contributed by atoms with Crippen LogP contribution in [-0.4, -0.2) is 58.2 Å². The highest BCUT2D eigenvalue weighted by atomic mass is 19.4. The number of alkyl halides is 3. The summed E-state index contributed by atoms with van der Waals surface area (Å²) >= 11 is 0. The SMILES string of the molecule is Cc1nc([C@@H]2CCCN2CC(=O)N2CCC[C@@H](C(F)(F)F)C2)no1. The van der Waals surface area contributed by atoms with Gasteiger partial charge in [-0.3, -0.25) is 9.69 Å². The Kier molecular flexibility index (Phi) is 4.80. The van der Waals surface area contributed by atoms with Crippen LogP contribution in [0.15, 0.2) is 4.52 Å². The van der Waals surface area contributed by atoms with Crippen molar-refractivity contribution in [2.75, 3.05) is 26.2 Å². The molecule has 0 aromatic carbocycles. The molecule has 2 aliphatic heterocycles. The average Bonchev–Trinajstić information content (AvgIpc) is 3.15. The molecule has 2 saturated heterocycles. The molecule has 0 unspecified atom stereocenters. The number of aromatic nitrogens is 2. The summed E-state index contributed by atoms with van der Waals surface area (Å²) in [7, 11) is 0. The van der Waals surface area contributed by atoms with Gasteiger partial charge in [-0.05, 0) is 32.2 Å². The Balaban J connectivity index is 1.61. The lowest BCUT2D eigenvalue weighted by atomic mass is 9.97. The van der Waals surface area contributed by atoms with Crippen molar-refractivity contribution in [3.8, 4) is 0 Å². The number of nitrogens with zero attached hydrogens (tertiary/aromatic N) is 4. The van der Waals surface area contributed by atoms with Crippen molar-refractivity contribution in [3.05, 3.63) is 11.7 Å². The molecule has 0 radical (unpaired) electrons. The molecule has 0 bridgehead atoms. The number of amides is 1. The summed E-state index contributed by atoms with van der Waals surface area (Å²) < 4.78 is 43.7. The third kappa shape index (κ3) is 3.71. The zero-order chi connectivity index (χ0) is 17.3. The van der Waals surface area contributed by atoms with Crippen LogP contribution in [0.5, 0.6) is 0 Å². The van der Waals surface area contributed by atoms with E-state index in [1.54, 1.807) is 6.92 Å². The minimum absolute atomic E-state index is 0.0990. The molecule has 2 atom stereocenters. The topological polar surface area (TPSA) is 62.5 Å². The number of likely N-dealkylation sites (tertiary alicyclic amines) is 2. The third-order valence-electron chi connectivity index (χ3n) is 4.78. The first-order chi connectivity index (χ1) is 11.3. The van der Waals surface area contributed by atoms with Gasteiger partial charge in [0.15, 0.2) is 5.82 Å². The predicted molar refractivity (Wildman–Crippen MR) is 77.9 cm³/mol. The maximum atomic E-state index is 12.9. The zero-order valence-corrected chi connectivity index (χ0v) is 13.6. The van der Waals surface area contributed by atoms with E-state index in [1.165, 1.54) is 4.90 Å². The van der Waals surface area contributed by atoms with Gasteiger partial charge < -0.3 is 9.42 Å². The second kappa shape index (κ2) is 6.70. The van der Waals surface area contributed by atoms with Gasteiger partial charge in [0.05, 0.1) is 18.5 Å². The fourth-order valence-corrected chi connectivity index (χ4v) is 3.50. The molecule has 2 aliphatic rings. The molecule has 9 heteroatoms. The highest BCUT2D eigenvalue weighted by Crippen LogP contribution is 2.34. The van der Waals surface area contributed by atoms with Gasteiger partial charge in [-0.2, -0.15) is 18.2 Å². The van der Waals surface area contributed by atoms with Gasteiger partial charge in [0.25, 0.3) is 0 Å². The lowest BCUT2D eigenvalue weighted by molar-refractivity contribution is -0.188. The van der Waals surface area contributed by atoms with Crippen molar-refractivity contribution in [2.24, 2.45) is 5.92 Å². The molecule has 3 heterocycles. The normalized spacial score (nSPS) is 26.1. The van der Waals surface area contributed by atoms with Crippen LogP contribution in [0, 0.1) is 12.8 Å².